The van der Waals surface area contributed by atoms with Gasteiger partial charge in [0.1, 0.15) is 0 Å². The van der Waals surface area contributed by atoms with Gasteiger partial charge >= 0.3 is 5.97 Å². The summed E-state index contributed by atoms with van der Waals surface area (Å²) >= 11 is 0. The van der Waals surface area contributed by atoms with Gasteiger partial charge in [0.15, 0.2) is 5.60 Å². The van der Waals surface area contributed by atoms with Gasteiger partial charge in [-0.25, -0.2) is 4.89 Å². The number of hydrogen-bond donors (Lipinski definition) is 2. The Morgan fingerprint density at radius 3 is 2.89 bits per heavy atom. The van der Waals surface area contributed by atoms with Crippen molar-refractivity contribution in [1.29, 1.82) is 0 Å². The van der Waals surface area contributed by atoms with E-state index < -0.39 is 17.7 Å². The van der Waals surface area contributed by atoms with E-state index in [2.05, 4.69) is 4.89 Å². The molecule has 1 aliphatic rings. The smallest absolute Gasteiger partial charge is 0.302 e. The van der Waals surface area contributed by atoms with Crippen LogP contribution in [0.15, 0.2) is 24.3 Å². The van der Waals surface area contributed by atoms with Crippen LogP contribution in [0.2, 0.25) is 0 Å². The summed E-state index contributed by atoms with van der Waals surface area (Å²) in [6, 6.07) is 7.50. The maximum Gasteiger partial charge on any atom is 0.302 e. The SMILES string of the molecule is CC(=O)OCC[C@]1(OO)c2ccccc2CC[C@H]1O. The molecule has 1 aromatic carbocycles. The lowest BCUT2D eigenvalue weighted by molar-refractivity contribution is -0.357. The lowest BCUT2D eigenvalue weighted by atomic mass is 9.75. The number of aliphatic hydroxyl groups is 1. The molecule has 0 saturated heterocycles. The molecule has 0 radical (unpaired) electrons. The maximum absolute atomic E-state index is 10.8. The molecule has 0 bridgehead atoms. The van der Waals surface area contributed by atoms with E-state index in [-0.39, 0.29) is 13.0 Å². The molecule has 5 nitrogen and oxygen atoms in total. The fourth-order valence-electron chi connectivity index (χ4n) is 2.66. The maximum atomic E-state index is 10.8. The van der Waals surface area contributed by atoms with Crippen molar-refractivity contribution in [2.45, 2.75) is 37.9 Å². The molecule has 0 spiro atoms. The summed E-state index contributed by atoms with van der Waals surface area (Å²) in [6.07, 6.45) is 0.609. The molecule has 0 unspecified atom stereocenters. The van der Waals surface area contributed by atoms with Crippen LogP contribution in [-0.2, 0) is 26.4 Å². The van der Waals surface area contributed by atoms with E-state index >= 15 is 0 Å². The molecule has 2 atom stereocenters. The van der Waals surface area contributed by atoms with Gasteiger partial charge in [0.25, 0.3) is 0 Å². The average Bonchev–Trinajstić information content (AvgIpc) is 2.41. The number of esters is 1. The molecular formula is C14H18O5. The summed E-state index contributed by atoms with van der Waals surface area (Å²) in [5.41, 5.74) is 0.567. The van der Waals surface area contributed by atoms with Crippen LogP contribution in [-0.4, -0.2) is 29.0 Å². The molecule has 5 heteroatoms. The zero-order chi connectivity index (χ0) is 13.9. The van der Waals surface area contributed by atoms with Gasteiger partial charge in [0.05, 0.1) is 12.7 Å². The number of hydrogen-bond acceptors (Lipinski definition) is 5. The van der Waals surface area contributed by atoms with Gasteiger partial charge < -0.3 is 9.84 Å². The summed E-state index contributed by atoms with van der Waals surface area (Å²) in [5.74, 6) is -0.397. The monoisotopic (exact) mass is 266 g/mol. The van der Waals surface area contributed by atoms with Crippen molar-refractivity contribution >= 4 is 5.97 Å². The normalized spacial score (nSPS) is 25.7. The topological polar surface area (TPSA) is 76.0 Å². The van der Waals surface area contributed by atoms with E-state index in [4.69, 9.17) is 4.74 Å². The van der Waals surface area contributed by atoms with Crippen LogP contribution in [0, 0.1) is 0 Å². The quantitative estimate of drug-likeness (QED) is 0.492. The molecule has 0 aliphatic heterocycles. The third-order valence-corrected chi connectivity index (χ3v) is 3.64. The van der Waals surface area contributed by atoms with Gasteiger partial charge in [-0.2, -0.15) is 0 Å². The Morgan fingerprint density at radius 2 is 2.21 bits per heavy atom. The van der Waals surface area contributed by atoms with Crippen LogP contribution in [0.1, 0.15) is 30.9 Å². The first-order valence-corrected chi connectivity index (χ1v) is 6.32. The van der Waals surface area contributed by atoms with Crippen molar-refractivity contribution in [3.63, 3.8) is 0 Å². The fourth-order valence-corrected chi connectivity index (χ4v) is 2.66. The molecule has 2 N–H and O–H groups in total. The molecule has 0 saturated carbocycles. The number of fused-ring (bicyclic) bond motifs is 1. The van der Waals surface area contributed by atoms with E-state index in [1.54, 1.807) is 0 Å². The number of benzene rings is 1. The van der Waals surface area contributed by atoms with Crippen LogP contribution >= 0.6 is 0 Å². The van der Waals surface area contributed by atoms with Crippen LogP contribution in [0.3, 0.4) is 0 Å². The first kappa shape index (κ1) is 14.0. The van der Waals surface area contributed by atoms with Gasteiger partial charge in [-0.3, -0.25) is 10.1 Å². The Balaban J connectivity index is 2.28. The molecule has 0 aromatic heterocycles. The standard InChI is InChI=1S/C14H18O5/c1-10(15)18-9-8-14(19-17)12-5-3-2-4-11(12)6-7-13(14)16/h2-5,13,16-17H,6-9H2,1H3/t13-,14+/m1/s1. The number of rotatable bonds is 4. The zero-order valence-electron chi connectivity index (χ0n) is 10.8. The molecule has 0 heterocycles. The highest BCUT2D eigenvalue weighted by Gasteiger charge is 2.45. The number of carbonyl (C=O) groups is 1. The third kappa shape index (κ3) is 2.63. The predicted octanol–water partition coefficient (Wildman–Crippen LogP) is 1.63. The summed E-state index contributed by atoms with van der Waals surface area (Å²) in [4.78, 5) is 15.5. The summed E-state index contributed by atoms with van der Waals surface area (Å²) in [5, 5.41) is 19.5. The molecule has 0 fully saturated rings. The second kappa shape index (κ2) is 5.69. The van der Waals surface area contributed by atoms with Gasteiger partial charge in [0, 0.05) is 13.3 Å². The first-order valence-electron chi connectivity index (χ1n) is 6.32. The number of aliphatic hydroxyl groups excluding tert-OH is 1. The Kier molecular flexibility index (Phi) is 4.19. The molecule has 1 aromatic rings. The lowest BCUT2D eigenvalue weighted by Gasteiger charge is -2.39. The van der Waals surface area contributed by atoms with Gasteiger partial charge in [-0.15, -0.1) is 0 Å². The van der Waals surface area contributed by atoms with Crippen molar-refractivity contribution in [1.82, 2.24) is 0 Å². The molecular weight excluding hydrogens is 248 g/mol. The first-order chi connectivity index (χ1) is 9.10. The van der Waals surface area contributed by atoms with E-state index in [0.29, 0.717) is 6.42 Å². The summed E-state index contributed by atoms with van der Waals surface area (Å²) < 4.78 is 4.89. The number of aryl methyl sites for hydroxylation is 1. The largest absolute Gasteiger partial charge is 0.466 e. The Labute approximate surface area is 111 Å². The Bertz CT molecular complexity index is 459. The van der Waals surface area contributed by atoms with Gasteiger partial charge in [0.2, 0.25) is 0 Å². The van der Waals surface area contributed by atoms with E-state index in [0.717, 1.165) is 17.5 Å². The van der Waals surface area contributed by atoms with Crippen molar-refractivity contribution < 1.29 is 24.8 Å². The number of carbonyl (C=O) groups excluding carboxylic acids is 1. The van der Waals surface area contributed by atoms with Crippen LogP contribution < -0.4 is 0 Å². The van der Waals surface area contributed by atoms with E-state index in [9.17, 15) is 15.2 Å². The van der Waals surface area contributed by atoms with Gasteiger partial charge in [-0.1, -0.05) is 24.3 Å². The summed E-state index contributed by atoms with van der Waals surface area (Å²) in [7, 11) is 0. The summed E-state index contributed by atoms with van der Waals surface area (Å²) in [6.45, 7) is 1.40. The van der Waals surface area contributed by atoms with Crippen LogP contribution in [0.25, 0.3) is 0 Å². The minimum atomic E-state index is -1.22. The van der Waals surface area contributed by atoms with Crippen LogP contribution in [0.4, 0.5) is 0 Å². The highest BCUT2D eigenvalue weighted by Crippen LogP contribution is 2.40. The van der Waals surface area contributed by atoms with E-state index in [1.807, 2.05) is 24.3 Å². The third-order valence-electron chi connectivity index (χ3n) is 3.64. The zero-order valence-corrected chi connectivity index (χ0v) is 10.8. The number of ether oxygens (including phenoxy) is 1. The molecule has 19 heavy (non-hydrogen) atoms. The average molecular weight is 266 g/mol. The van der Waals surface area contributed by atoms with Crippen molar-refractivity contribution in [2.75, 3.05) is 6.61 Å². The van der Waals surface area contributed by atoms with Crippen LogP contribution in [0.5, 0.6) is 0 Å². The molecule has 0 amide bonds. The van der Waals surface area contributed by atoms with Crippen molar-refractivity contribution in [2.24, 2.45) is 0 Å². The fraction of sp³-hybridized carbons (Fsp3) is 0.500. The highest BCUT2D eigenvalue weighted by molar-refractivity contribution is 5.65. The van der Waals surface area contributed by atoms with Crippen molar-refractivity contribution in [3.05, 3.63) is 35.4 Å². The Morgan fingerprint density at radius 1 is 1.47 bits per heavy atom. The van der Waals surface area contributed by atoms with Gasteiger partial charge in [-0.05, 0) is 24.0 Å². The highest BCUT2D eigenvalue weighted by atomic mass is 17.1. The van der Waals surface area contributed by atoms with Crippen molar-refractivity contribution in [3.8, 4) is 0 Å². The molecule has 1 aliphatic carbocycles. The minimum Gasteiger partial charge on any atom is -0.466 e. The second-order valence-corrected chi connectivity index (χ2v) is 4.78. The van der Waals surface area contributed by atoms with E-state index in [1.165, 1.54) is 6.92 Å². The minimum absolute atomic E-state index is 0.0846. The molecule has 2 rings (SSSR count). The molecule has 104 valence electrons. The lowest BCUT2D eigenvalue weighted by Crippen LogP contribution is -2.46. The Hall–Kier alpha value is -1.43. The second-order valence-electron chi connectivity index (χ2n) is 4.78. The predicted molar refractivity (Wildman–Crippen MR) is 67.4 cm³/mol.